The summed E-state index contributed by atoms with van der Waals surface area (Å²) < 4.78 is 65.6. The molecule has 3 aromatic rings. The SMILES string of the molecule is Cc1c(CN2CCN(c3ccccc3CCCN)CC2)cc(C(=O)N2CCN(c3ccccc3)C[C@@H]2C)n1C.O=C(O)C(F)(F)F.O=C(O)C(F)(F)F. The molecular formula is C36H46F6N6O5. The topological polar surface area (TPSA) is 136 Å². The lowest BCUT2D eigenvalue weighted by molar-refractivity contribution is -0.193. The fourth-order valence-electron chi connectivity index (χ4n) is 6.12. The van der Waals surface area contributed by atoms with Crippen LogP contribution in [0, 0.1) is 6.92 Å². The molecule has 11 nitrogen and oxygen atoms in total. The first-order chi connectivity index (χ1) is 24.8. The van der Waals surface area contributed by atoms with Gasteiger partial charge in [0.25, 0.3) is 5.91 Å². The van der Waals surface area contributed by atoms with E-state index in [0.717, 1.165) is 77.4 Å². The number of carboxylic acids is 2. The molecule has 2 aliphatic heterocycles. The molecule has 2 saturated heterocycles. The van der Waals surface area contributed by atoms with Crippen LogP contribution < -0.4 is 15.5 Å². The molecule has 0 saturated carbocycles. The number of amides is 1. The lowest BCUT2D eigenvalue weighted by Crippen LogP contribution is -2.54. The van der Waals surface area contributed by atoms with Crippen LogP contribution in [0.4, 0.5) is 37.7 Å². The highest BCUT2D eigenvalue weighted by Gasteiger charge is 2.39. The molecule has 4 N–H and O–H groups in total. The summed E-state index contributed by atoms with van der Waals surface area (Å²) in [6, 6.07) is 21.6. The van der Waals surface area contributed by atoms with Gasteiger partial charge in [0.1, 0.15) is 5.69 Å². The number of rotatable bonds is 8. The van der Waals surface area contributed by atoms with Gasteiger partial charge in [0.05, 0.1) is 0 Å². The number of alkyl halides is 6. The number of carboxylic acid groups (broad SMARTS) is 2. The van der Waals surface area contributed by atoms with Crippen LogP contribution in [-0.4, -0.2) is 113 Å². The van der Waals surface area contributed by atoms with E-state index in [2.05, 4.69) is 92.6 Å². The normalized spacial score (nSPS) is 16.6. The molecule has 0 bridgehead atoms. The van der Waals surface area contributed by atoms with Crippen LogP contribution in [0.3, 0.4) is 0 Å². The summed E-state index contributed by atoms with van der Waals surface area (Å²) >= 11 is 0. The predicted octanol–water partition coefficient (Wildman–Crippen LogP) is 5.16. The van der Waals surface area contributed by atoms with Crippen molar-refractivity contribution in [2.24, 2.45) is 12.8 Å². The molecule has 292 valence electrons. The zero-order valence-corrected chi connectivity index (χ0v) is 29.8. The Kier molecular flexibility index (Phi) is 15.1. The molecule has 5 rings (SSSR count). The van der Waals surface area contributed by atoms with Crippen LogP contribution in [0.15, 0.2) is 60.7 Å². The van der Waals surface area contributed by atoms with Crippen molar-refractivity contribution in [1.29, 1.82) is 0 Å². The largest absolute Gasteiger partial charge is 0.490 e. The van der Waals surface area contributed by atoms with E-state index in [9.17, 15) is 31.1 Å². The first-order valence-electron chi connectivity index (χ1n) is 17.0. The average molecular weight is 757 g/mol. The number of piperazine rings is 2. The molecule has 1 amide bonds. The van der Waals surface area contributed by atoms with Crippen molar-refractivity contribution >= 4 is 29.2 Å². The van der Waals surface area contributed by atoms with Crippen molar-refractivity contribution in [3.63, 3.8) is 0 Å². The summed E-state index contributed by atoms with van der Waals surface area (Å²) in [6.45, 7) is 12.4. The number of carbonyl (C=O) groups is 3. The lowest BCUT2D eigenvalue weighted by atomic mass is 10.1. The second-order valence-corrected chi connectivity index (χ2v) is 12.7. The van der Waals surface area contributed by atoms with Crippen molar-refractivity contribution in [2.45, 2.75) is 51.6 Å². The summed E-state index contributed by atoms with van der Waals surface area (Å²) in [4.78, 5) is 41.0. The van der Waals surface area contributed by atoms with Crippen LogP contribution in [-0.2, 0) is 29.6 Å². The quantitative estimate of drug-likeness (QED) is 0.267. The second-order valence-electron chi connectivity index (χ2n) is 12.7. The third kappa shape index (κ3) is 12.1. The Balaban J connectivity index is 0.000000458. The van der Waals surface area contributed by atoms with Gasteiger partial charge in [-0.1, -0.05) is 36.4 Å². The maximum Gasteiger partial charge on any atom is 0.490 e. The highest BCUT2D eigenvalue weighted by Crippen LogP contribution is 2.26. The molecular weight excluding hydrogens is 710 g/mol. The van der Waals surface area contributed by atoms with E-state index in [1.54, 1.807) is 0 Å². The number of nitrogens with zero attached hydrogens (tertiary/aromatic N) is 5. The van der Waals surface area contributed by atoms with Crippen molar-refractivity contribution in [2.75, 3.05) is 62.2 Å². The van der Waals surface area contributed by atoms with Crippen molar-refractivity contribution in [3.8, 4) is 0 Å². The van der Waals surface area contributed by atoms with Crippen LogP contribution in [0.2, 0.25) is 0 Å². The van der Waals surface area contributed by atoms with Gasteiger partial charge in [-0.3, -0.25) is 9.69 Å². The van der Waals surface area contributed by atoms with Gasteiger partial charge in [0.15, 0.2) is 0 Å². The number of aromatic nitrogens is 1. The molecule has 1 aromatic heterocycles. The molecule has 3 heterocycles. The van der Waals surface area contributed by atoms with E-state index < -0.39 is 24.3 Å². The number of benzene rings is 2. The Morgan fingerprint density at radius 3 is 1.85 bits per heavy atom. The summed E-state index contributed by atoms with van der Waals surface area (Å²) in [6.07, 6.45) is -8.11. The zero-order chi connectivity index (χ0) is 39.5. The summed E-state index contributed by atoms with van der Waals surface area (Å²) in [7, 11) is 2.03. The second kappa shape index (κ2) is 18.8. The number of aliphatic carboxylic acids is 2. The Labute approximate surface area is 304 Å². The van der Waals surface area contributed by atoms with Crippen molar-refractivity contribution in [3.05, 3.63) is 83.2 Å². The lowest BCUT2D eigenvalue weighted by Gasteiger charge is -2.41. The van der Waals surface area contributed by atoms with Gasteiger partial charge in [-0.25, -0.2) is 9.59 Å². The van der Waals surface area contributed by atoms with Gasteiger partial charge in [0.2, 0.25) is 0 Å². The first-order valence-corrected chi connectivity index (χ1v) is 17.0. The number of nitrogens with two attached hydrogens (primary N) is 1. The van der Waals surface area contributed by atoms with E-state index in [4.69, 9.17) is 25.5 Å². The fraction of sp³-hybridized carbons (Fsp3) is 0.472. The molecule has 0 radical (unpaired) electrons. The summed E-state index contributed by atoms with van der Waals surface area (Å²) in [5.74, 6) is -5.37. The Morgan fingerprint density at radius 2 is 1.32 bits per heavy atom. The van der Waals surface area contributed by atoms with E-state index in [1.165, 1.54) is 28.2 Å². The molecule has 1 atom stereocenters. The Hall–Kier alpha value is -4.77. The van der Waals surface area contributed by atoms with Crippen molar-refractivity contribution < 1.29 is 50.9 Å². The number of aryl methyl sites for hydroxylation is 1. The van der Waals surface area contributed by atoms with Gasteiger partial charge in [-0.2, -0.15) is 26.3 Å². The maximum absolute atomic E-state index is 13.7. The average Bonchev–Trinajstić information content (AvgIpc) is 3.39. The smallest absolute Gasteiger partial charge is 0.475 e. The Bertz CT molecular complexity index is 1630. The van der Waals surface area contributed by atoms with Crippen LogP contribution >= 0.6 is 0 Å². The van der Waals surface area contributed by atoms with Gasteiger partial charge in [-0.15, -0.1) is 0 Å². The monoisotopic (exact) mass is 756 g/mol. The van der Waals surface area contributed by atoms with Gasteiger partial charge < -0.3 is 35.2 Å². The number of anilines is 2. The molecule has 2 aliphatic rings. The maximum atomic E-state index is 13.7. The third-order valence-corrected chi connectivity index (χ3v) is 9.10. The number of halogens is 6. The predicted molar refractivity (Wildman–Crippen MR) is 188 cm³/mol. The molecule has 2 fully saturated rings. The highest BCUT2D eigenvalue weighted by molar-refractivity contribution is 5.93. The van der Waals surface area contributed by atoms with Crippen LogP contribution in [0.5, 0.6) is 0 Å². The van der Waals surface area contributed by atoms with E-state index in [1.807, 2.05) is 13.1 Å². The standard InChI is InChI=1S/C32H44N6O.2C2HF3O2/c1-25-23-37(29-12-5-4-6-13-29)20-21-38(25)32(39)31-22-28(26(2)34(31)3)24-35-16-18-36(19-17-35)30-14-8-7-10-27(30)11-9-15-33;2*3-2(4,5)1(6)7/h4-8,10,12-14,22,25H,9,11,15-21,23-24,33H2,1-3H3;2*(H,6,7)/t25-;;/m0../s1. The molecule has 53 heavy (non-hydrogen) atoms. The number of carbonyl (C=O) groups excluding carboxylic acids is 1. The van der Waals surface area contributed by atoms with E-state index in [-0.39, 0.29) is 11.9 Å². The molecule has 2 aromatic carbocycles. The van der Waals surface area contributed by atoms with Crippen LogP contribution in [0.1, 0.15) is 40.7 Å². The number of para-hydroxylation sites is 2. The third-order valence-electron chi connectivity index (χ3n) is 9.10. The van der Waals surface area contributed by atoms with E-state index >= 15 is 0 Å². The molecule has 17 heteroatoms. The van der Waals surface area contributed by atoms with E-state index in [0.29, 0.717) is 0 Å². The van der Waals surface area contributed by atoms with Gasteiger partial charge in [0, 0.05) is 82.5 Å². The minimum atomic E-state index is -5.08. The number of hydrogen-bond donors (Lipinski definition) is 3. The Morgan fingerprint density at radius 1 is 0.792 bits per heavy atom. The highest BCUT2D eigenvalue weighted by atomic mass is 19.4. The van der Waals surface area contributed by atoms with Gasteiger partial charge >= 0.3 is 24.3 Å². The first kappa shape index (κ1) is 42.6. The minimum absolute atomic E-state index is 0.144. The zero-order valence-electron chi connectivity index (χ0n) is 29.8. The van der Waals surface area contributed by atoms with Crippen LogP contribution in [0.25, 0.3) is 0 Å². The summed E-state index contributed by atoms with van der Waals surface area (Å²) in [5, 5.41) is 14.2. The minimum Gasteiger partial charge on any atom is -0.475 e. The van der Waals surface area contributed by atoms with Crippen molar-refractivity contribution in [1.82, 2.24) is 14.4 Å². The molecule has 0 spiro atoms. The fourth-order valence-corrected chi connectivity index (χ4v) is 6.12. The summed E-state index contributed by atoms with van der Waals surface area (Å²) in [5.41, 5.74) is 13.0. The molecule has 0 unspecified atom stereocenters. The van der Waals surface area contributed by atoms with Gasteiger partial charge in [-0.05, 0) is 68.6 Å². The molecule has 0 aliphatic carbocycles. The number of hydrogen-bond acceptors (Lipinski definition) is 7.